The number of hydrogen-bond donors (Lipinski definition) is 2. The maximum absolute atomic E-state index is 6.03. The molecule has 3 nitrogen and oxygen atoms in total. The highest BCUT2D eigenvalue weighted by Crippen LogP contribution is 2.36. The predicted molar refractivity (Wildman–Crippen MR) is 67.1 cm³/mol. The Morgan fingerprint density at radius 3 is 2.81 bits per heavy atom. The molecular formula is C13H20N2O. The molecule has 2 unspecified atom stereocenters. The maximum atomic E-state index is 6.03. The number of benzene rings is 1. The molecule has 0 bridgehead atoms. The highest BCUT2D eigenvalue weighted by molar-refractivity contribution is 5.63. The Labute approximate surface area is 97.0 Å². The van der Waals surface area contributed by atoms with Crippen LogP contribution in [-0.2, 0) is 0 Å². The van der Waals surface area contributed by atoms with Crippen LogP contribution < -0.4 is 15.8 Å². The second-order valence-electron chi connectivity index (χ2n) is 4.63. The van der Waals surface area contributed by atoms with Crippen LogP contribution in [0.3, 0.4) is 0 Å². The molecule has 16 heavy (non-hydrogen) atoms. The lowest BCUT2D eigenvalue weighted by Gasteiger charge is -2.34. The van der Waals surface area contributed by atoms with Gasteiger partial charge in [-0.3, -0.25) is 0 Å². The van der Waals surface area contributed by atoms with Crippen LogP contribution in [0.2, 0.25) is 0 Å². The third-order valence-electron chi connectivity index (χ3n) is 3.08. The molecule has 88 valence electrons. The second-order valence-corrected chi connectivity index (χ2v) is 4.63. The molecule has 1 aromatic rings. The van der Waals surface area contributed by atoms with Gasteiger partial charge in [0.2, 0.25) is 0 Å². The summed E-state index contributed by atoms with van der Waals surface area (Å²) in [5.74, 6) is 0.988. The highest BCUT2D eigenvalue weighted by Gasteiger charge is 2.26. The van der Waals surface area contributed by atoms with Gasteiger partial charge in [0.15, 0.2) is 0 Å². The largest absolute Gasteiger partial charge is 0.486 e. The monoisotopic (exact) mass is 220 g/mol. The zero-order valence-electron chi connectivity index (χ0n) is 10.2. The van der Waals surface area contributed by atoms with Gasteiger partial charge in [0.1, 0.15) is 11.9 Å². The average Bonchev–Trinajstić information content (AvgIpc) is 2.20. The molecular weight excluding hydrogens is 200 g/mol. The summed E-state index contributed by atoms with van der Waals surface area (Å²) in [4.78, 5) is 0. The first kappa shape index (κ1) is 11.3. The number of aryl methyl sites for hydroxylation is 2. The summed E-state index contributed by atoms with van der Waals surface area (Å²) in [7, 11) is 0. The molecule has 0 saturated heterocycles. The number of anilines is 1. The first-order valence-electron chi connectivity index (χ1n) is 5.86. The predicted octanol–water partition coefficient (Wildman–Crippen LogP) is 2.21. The lowest BCUT2D eigenvalue weighted by molar-refractivity contribution is 0.166. The number of ether oxygens (including phenoxy) is 1. The van der Waals surface area contributed by atoms with Crippen LogP contribution in [0.4, 0.5) is 5.69 Å². The molecule has 1 aliphatic heterocycles. The molecule has 2 rings (SSSR count). The van der Waals surface area contributed by atoms with Crippen LogP contribution in [0.1, 0.15) is 24.5 Å². The van der Waals surface area contributed by atoms with Crippen molar-refractivity contribution in [2.45, 2.75) is 39.3 Å². The van der Waals surface area contributed by atoms with Gasteiger partial charge in [-0.15, -0.1) is 0 Å². The van der Waals surface area contributed by atoms with Gasteiger partial charge >= 0.3 is 0 Å². The molecule has 0 aromatic heterocycles. The Bertz CT molecular complexity index is 390. The van der Waals surface area contributed by atoms with Gasteiger partial charge < -0.3 is 15.8 Å². The number of fused-ring (bicyclic) bond motifs is 1. The molecule has 0 amide bonds. The highest BCUT2D eigenvalue weighted by atomic mass is 16.5. The van der Waals surface area contributed by atoms with E-state index in [9.17, 15) is 0 Å². The Balaban J connectivity index is 2.31. The fourth-order valence-electron chi connectivity index (χ4n) is 2.28. The van der Waals surface area contributed by atoms with Gasteiger partial charge in [-0.2, -0.15) is 0 Å². The zero-order valence-corrected chi connectivity index (χ0v) is 10.2. The van der Waals surface area contributed by atoms with Crippen LogP contribution in [0, 0.1) is 13.8 Å². The minimum atomic E-state index is 0.180. The third kappa shape index (κ3) is 2.00. The fourth-order valence-corrected chi connectivity index (χ4v) is 2.28. The van der Waals surface area contributed by atoms with E-state index in [1.165, 1.54) is 11.1 Å². The summed E-state index contributed by atoms with van der Waals surface area (Å²) in [5, 5.41) is 3.50. The number of nitrogens with one attached hydrogen (secondary N) is 1. The molecule has 0 fully saturated rings. The van der Waals surface area contributed by atoms with Crippen molar-refractivity contribution in [3.8, 4) is 5.75 Å². The van der Waals surface area contributed by atoms with Crippen molar-refractivity contribution >= 4 is 5.69 Å². The van der Waals surface area contributed by atoms with E-state index in [0.717, 1.165) is 17.9 Å². The van der Waals surface area contributed by atoms with Crippen LogP contribution in [-0.4, -0.2) is 18.7 Å². The Hall–Kier alpha value is -1.22. The van der Waals surface area contributed by atoms with Crippen molar-refractivity contribution in [2.75, 3.05) is 11.9 Å². The van der Waals surface area contributed by atoms with E-state index in [4.69, 9.17) is 10.5 Å². The summed E-state index contributed by atoms with van der Waals surface area (Å²) in [6.07, 6.45) is 1.07. The van der Waals surface area contributed by atoms with E-state index < -0.39 is 0 Å². The van der Waals surface area contributed by atoms with Crippen LogP contribution in [0.5, 0.6) is 5.75 Å². The molecule has 0 saturated carbocycles. The topological polar surface area (TPSA) is 47.3 Å². The summed E-state index contributed by atoms with van der Waals surface area (Å²) in [6.45, 7) is 6.99. The average molecular weight is 220 g/mol. The Kier molecular flexibility index (Phi) is 3.06. The molecule has 3 heteroatoms. The summed E-state index contributed by atoms with van der Waals surface area (Å²) >= 11 is 0. The molecule has 1 heterocycles. The van der Waals surface area contributed by atoms with E-state index in [0.29, 0.717) is 12.6 Å². The summed E-state index contributed by atoms with van der Waals surface area (Å²) in [6, 6.07) is 4.60. The maximum Gasteiger partial charge on any atom is 0.145 e. The minimum absolute atomic E-state index is 0.180. The van der Waals surface area contributed by atoms with Crippen molar-refractivity contribution in [1.82, 2.24) is 0 Å². The third-order valence-corrected chi connectivity index (χ3v) is 3.08. The van der Waals surface area contributed by atoms with Crippen molar-refractivity contribution in [3.63, 3.8) is 0 Å². The van der Waals surface area contributed by atoms with Crippen molar-refractivity contribution in [2.24, 2.45) is 5.73 Å². The normalized spacial score (nSPS) is 23.2. The SMILES string of the molecule is Cc1cc(C)c2c(c1)NC(C)C(CCN)O2. The number of rotatable bonds is 2. The molecule has 2 atom stereocenters. The quantitative estimate of drug-likeness (QED) is 0.803. The molecule has 1 aromatic carbocycles. The lowest BCUT2D eigenvalue weighted by Crippen LogP contribution is -2.40. The van der Waals surface area contributed by atoms with Gasteiger partial charge in [-0.05, 0) is 50.9 Å². The van der Waals surface area contributed by atoms with Crippen molar-refractivity contribution in [3.05, 3.63) is 23.3 Å². The van der Waals surface area contributed by atoms with E-state index >= 15 is 0 Å². The summed E-state index contributed by atoms with van der Waals surface area (Å²) < 4.78 is 6.03. The first-order valence-corrected chi connectivity index (χ1v) is 5.86. The Morgan fingerprint density at radius 2 is 2.12 bits per heavy atom. The zero-order chi connectivity index (χ0) is 11.7. The minimum Gasteiger partial charge on any atom is -0.486 e. The van der Waals surface area contributed by atoms with E-state index in [-0.39, 0.29) is 6.10 Å². The number of hydrogen-bond acceptors (Lipinski definition) is 3. The van der Waals surface area contributed by atoms with Crippen LogP contribution in [0.15, 0.2) is 12.1 Å². The van der Waals surface area contributed by atoms with Crippen molar-refractivity contribution in [1.29, 1.82) is 0 Å². The van der Waals surface area contributed by atoms with Gasteiger partial charge in [-0.25, -0.2) is 0 Å². The van der Waals surface area contributed by atoms with E-state index in [2.05, 4.69) is 38.2 Å². The second kappa shape index (κ2) is 4.34. The van der Waals surface area contributed by atoms with Gasteiger partial charge in [-0.1, -0.05) is 6.07 Å². The fraction of sp³-hybridized carbons (Fsp3) is 0.538. The van der Waals surface area contributed by atoms with Crippen molar-refractivity contribution < 1.29 is 4.74 Å². The molecule has 0 spiro atoms. The van der Waals surface area contributed by atoms with Gasteiger partial charge in [0.05, 0.1) is 11.7 Å². The smallest absolute Gasteiger partial charge is 0.145 e. The van der Waals surface area contributed by atoms with Crippen LogP contribution in [0.25, 0.3) is 0 Å². The Morgan fingerprint density at radius 1 is 1.38 bits per heavy atom. The molecule has 0 radical (unpaired) electrons. The molecule has 1 aliphatic rings. The first-order chi connectivity index (χ1) is 7.61. The van der Waals surface area contributed by atoms with Gasteiger partial charge in [0.25, 0.3) is 0 Å². The number of nitrogens with two attached hydrogens (primary N) is 1. The van der Waals surface area contributed by atoms with Crippen LogP contribution >= 0.6 is 0 Å². The standard InChI is InChI=1S/C13H20N2O/c1-8-6-9(2)13-11(7-8)15-10(3)12(16-13)4-5-14/h6-7,10,12,15H,4-5,14H2,1-3H3. The van der Waals surface area contributed by atoms with E-state index in [1.54, 1.807) is 0 Å². The summed E-state index contributed by atoms with van der Waals surface area (Å²) in [5.41, 5.74) is 9.16. The lowest BCUT2D eigenvalue weighted by atomic mass is 10.0. The molecule has 3 N–H and O–H groups in total. The van der Waals surface area contributed by atoms with Gasteiger partial charge in [0, 0.05) is 0 Å². The molecule has 0 aliphatic carbocycles. The van der Waals surface area contributed by atoms with E-state index in [1.807, 2.05) is 0 Å².